The van der Waals surface area contributed by atoms with Gasteiger partial charge in [-0.2, -0.15) is 5.26 Å². The van der Waals surface area contributed by atoms with Crippen LogP contribution < -0.4 is 0 Å². The zero-order valence-electron chi connectivity index (χ0n) is 11.9. The number of nitrogens with zero attached hydrogens (tertiary/aromatic N) is 1. The standard InChI is InChI=1S/C15H29NP/c1-4-7-12-17(13-8-5-2,14-9-6-3)15-10-11-16/h10,15H,4-9,12-14H2,1-3H3/q+1. The van der Waals surface area contributed by atoms with Gasteiger partial charge in [-0.15, -0.1) is 0 Å². The number of rotatable bonds is 10. The fraction of sp³-hybridized carbons (Fsp3) is 0.800. The van der Waals surface area contributed by atoms with E-state index < -0.39 is 7.26 Å². The van der Waals surface area contributed by atoms with Crippen LogP contribution in [0.5, 0.6) is 0 Å². The highest BCUT2D eigenvalue weighted by atomic mass is 31.2. The molecular formula is C15H29NP+. The van der Waals surface area contributed by atoms with Gasteiger partial charge in [0.05, 0.1) is 36.4 Å². The molecule has 0 heterocycles. The minimum Gasteiger partial charge on any atom is -0.193 e. The molecule has 0 saturated carbocycles. The fourth-order valence-corrected chi connectivity index (χ4v) is 6.51. The molecule has 0 aliphatic rings. The van der Waals surface area contributed by atoms with Gasteiger partial charge in [0.2, 0.25) is 0 Å². The first kappa shape index (κ1) is 16.7. The lowest BCUT2D eigenvalue weighted by Gasteiger charge is -2.23. The van der Waals surface area contributed by atoms with Gasteiger partial charge < -0.3 is 0 Å². The van der Waals surface area contributed by atoms with Crippen molar-refractivity contribution in [3.8, 4) is 6.07 Å². The maximum atomic E-state index is 8.79. The Morgan fingerprint density at radius 2 is 1.29 bits per heavy atom. The zero-order chi connectivity index (χ0) is 13.0. The Morgan fingerprint density at radius 3 is 1.59 bits per heavy atom. The number of hydrogen-bond donors (Lipinski definition) is 0. The normalized spacial score (nSPS) is 11.9. The quantitative estimate of drug-likeness (QED) is 0.376. The van der Waals surface area contributed by atoms with Gasteiger partial charge in [0.1, 0.15) is 0 Å². The molecule has 0 fully saturated rings. The van der Waals surface area contributed by atoms with Crippen molar-refractivity contribution in [3.63, 3.8) is 0 Å². The summed E-state index contributed by atoms with van der Waals surface area (Å²) in [5.41, 5.74) is 0. The largest absolute Gasteiger partial charge is 0.193 e. The topological polar surface area (TPSA) is 23.8 Å². The Balaban J connectivity index is 4.64. The molecule has 0 radical (unpaired) electrons. The maximum absolute atomic E-state index is 8.79. The van der Waals surface area contributed by atoms with Gasteiger partial charge in [0, 0.05) is 7.26 Å². The second kappa shape index (κ2) is 10.8. The molecule has 0 unspecified atom stereocenters. The van der Waals surface area contributed by atoms with Gasteiger partial charge in [0.25, 0.3) is 0 Å². The fourth-order valence-electron chi connectivity index (χ4n) is 2.17. The van der Waals surface area contributed by atoms with E-state index >= 15 is 0 Å². The van der Waals surface area contributed by atoms with Gasteiger partial charge in [-0.1, -0.05) is 40.0 Å². The highest BCUT2D eigenvalue weighted by molar-refractivity contribution is 7.78. The van der Waals surface area contributed by atoms with E-state index in [2.05, 4.69) is 32.7 Å². The predicted octanol–water partition coefficient (Wildman–Crippen LogP) is 5.44. The van der Waals surface area contributed by atoms with Gasteiger partial charge in [-0.25, -0.2) is 0 Å². The molecule has 1 nitrogen and oxygen atoms in total. The number of nitriles is 1. The molecule has 0 amide bonds. The molecule has 2 heteroatoms. The summed E-state index contributed by atoms with van der Waals surface area (Å²) in [4.78, 5) is 0. The average molecular weight is 254 g/mol. The van der Waals surface area contributed by atoms with Gasteiger partial charge in [-0.05, 0) is 19.3 Å². The van der Waals surface area contributed by atoms with Crippen molar-refractivity contribution in [1.82, 2.24) is 0 Å². The molecular weight excluding hydrogens is 225 g/mol. The molecule has 0 bridgehead atoms. The van der Waals surface area contributed by atoms with E-state index in [1.165, 1.54) is 57.0 Å². The van der Waals surface area contributed by atoms with Crippen molar-refractivity contribution in [1.29, 1.82) is 5.26 Å². The van der Waals surface area contributed by atoms with E-state index in [1.807, 2.05) is 0 Å². The monoisotopic (exact) mass is 254 g/mol. The summed E-state index contributed by atoms with van der Waals surface area (Å²) in [5.74, 6) is 2.31. The molecule has 0 N–H and O–H groups in total. The molecule has 0 aromatic heterocycles. The third-order valence-corrected chi connectivity index (χ3v) is 7.74. The molecule has 98 valence electrons. The third kappa shape index (κ3) is 7.56. The van der Waals surface area contributed by atoms with Crippen molar-refractivity contribution >= 4 is 7.26 Å². The number of allylic oxidation sites excluding steroid dienone is 1. The van der Waals surface area contributed by atoms with Crippen LogP contribution in [0.15, 0.2) is 11.9 Å². The predicted molar refractivity (Wildman–Crippen MR) is 81.0 cm³/mol. The summed E-state index contributed by atoms with van der Waals surface area (Å²) >= 11 is 0. The lowest BCUT2D eigenvalue weighted by Crippen LogP contribution is -2.06. The Hall–Kier alpha value is -0.340. The first-order valence-electron chi connectivity index (χ1n) is 7.17. The van der Waals surface area contributed by atoms with Gasteiger partial charge in [-0.3, -0.25) is 0 Å². The van der Waals surface area contributed by atoms with Crippen LogP contribution >= 0.6 is 7.26 Å². The van der Waals surface area contributed by atoms with E-state index in [0.717, 1.165) is 0 Å². The molecule has 0 aliphatic heterocycles. The Morgan fingerprint density at radius 1 is 0.882 bits per heavy atom. The van der Waals surface area contributed by atoms with E-state index in [4.69, 9.17) is 5.26 Å². The summed E-state index contributed by atoms with van der Waals surface area (Å²) in [6.07, 6.45) is 13.7. The maximum Gasteiger partial charge on any atom is 0.0946 e. The molecule has 0 spiro atoms. The Kier molecular flexibility index (Phi) is 10.6. The van der Waals surface area contributed by atoms with Crippen molar-refractivity contribution in [2.75, 3.05) is 18.5 Å². The van der Waals surface area contributed by atoms with Crippen LogP contribution in [0.25, 0.3) is 0 Å². The lowest BCUT2D eigenvalue weighted by atomic mass is 10.4. The van der Waals surface area contributed by atoms with E-state index in [9.17, 15) is 0 Å². The van der Waals surface area contributed by atoms with Crippen LogP contribution in [-0.4, -0.2) is 18.5 Å². The second-order valence-electron chi connectivity index (χ2n) is 4.89. The van der Waals surface area contributed by atoms with E-state index in [-0.39, 0.29) is 0 Å². The molecule has 0 aromatic carbocycles. The van der Waals surface area contributed by atoms with Crippen LogP contribution in [0.4, 0.5) is 0 Å². The molecule has 0 rings (SSSR count). The molecule has 17 heavy (non-hydrogen) atoms. The summed E-state index contributed by atoms with van der Waals surface area (Å²) in [5, 5.41) is 8.79. The Labute approximate surface area is 109 Å². The minimum atomic E-state index is -0.965. The molecule has 0 saturated heterocycles. The number of unbranched alkanes of at least 4 members (excludes halogenated alkanes) is 3. The minimum absolute atomic E-state index is 0.965. The summed E-state index contributed by atoms with van der Waals surface area (Å²) in [6.45, 7) is 6.80. The van der Waals surface area contributed by atoms with Gasteiger partial charge >= 0.3 is 0 Å². The van der Waals surface area contributed by atoms with Crippen LogP contribution in [0.1, 0.15) is 59.3 Å². The molecule has 0 atom stereocenters. The zero-order valence-corrected chi connectivity index (χ0v) is 12.8. The van der Waals surface area contributed by atoms with Crippen molar-refractivity contribution in [3.05, 3.63) is 11.9 Å². The first-order chi connectivity index (χ1) is 8.24. The Bertz CT molecular complexity index is 218. The smallest absolute Gasteiger partial charge is 0.0946 e. The summed E-state index contributed by atoms with van der Waals surface area (Å²) in [6, 6.07) is 2.20. The van der Waals surface area contributed by atoms with Crippen LogP contribution in [0, 0.1) is 11.3 Å². The van der Waals surface area contributed by atoms with Crippen molar-refractivity contribution in [2.24, 2.45) is 0 Å². The van der Waals surface area contributed by atoms with Crippen molar-refractivity contribution < 1.29 is 0 Å². The lowest BCUT2D eigenvalue weighted by molar-refractivity contribution is 0.840. The number of hydrogen-bond acceptors (Lipinski definition) is 1. The van der Waals surface area contributed by atoms with Crippen LogP contribution in [0.3, 0.4) is 0 Å². The van der Waals surface area contributed by atoms with Crippen molar-refractivity contribution in [2.45, 2.75) is 59.3 Å². The average Bonchev–Trinajstić information content (AvgIpc) is 2.37. The van der Waals surface area contributed by atoms with E-state index in [1.54, 1.807) is 6.08 Å². The second-order valence-corrected chi connectivity index (χ2v) is 8.97. The molecule has 0 aromatic rings. The highest BCUT2D eigenvalue weighted by Gasteiger charge is 2.32. The highest BCUT2D eigenvalue weighted by Crippen LogP contribution is 2.62. The van der Waals surface area contributed by atoms with E-state index in [0.29, 0.717) is 0 Å². The molecule has 0 aliphatic carbocycles. The van der Waals surface area contributed by atoms with Crippen LogP contribution in [0.2, 0.25) is 0 Å². The summed E-state index contributed by atoms with van der Waals surface area (Å²) in [7, 11) is -0.965. The van der Waals surface area contributed by atoms with Gasteiger partial charge in [0.15, 0.2) is 0 Å². The third-order valence-electron chi connectivity index (χ3n) is 3.34. The first-order valence-corrected chi connectivity index (χ1v) is 9.59. The summed E-state index contributed by atoms with van der Waals surface area (Å²) < 4.78 is 0. The SMILES string of the molecule is CCCC[P+](C=CC#N)(CCCC)CCCC. The van der Waals surface area contributed by atoms with Crippen LogP contribution in [-0.2, 0) is 0 Å².